The molecule has 1 radical (unpaired) electrons. The van der Waals surface area contributed by atoms with E-state index in [1.807, 2.05) is 11.6 Å². The maximum Gasteiger partial charge on any atom is 0.0990 e. The van der Waals surface area contributed by atoms with Gasteiger partial charge in [-0.1, -0.05) is 12.8 Å². The zero-order valence-corrected chi connectivity index (χ0v) is 10.6. The molecule has 2 aromatic rings. The van der Waals surface area contributed by atoms with E-state index in [0.717, 1.165) is 24.1 Å². The van der Waals surface area contributed by atoms with Gasteiger partial charge in [0, 0.05) is 17.1 Å². The predicted octanol–water partition coefficient (Wildman–Crippen LogP) is 3.66. The van der Waals surface area contributed by atoms with Crippen LogP contribution in [0.15, 0.2) is 17.6 Å². The van der Waals surface area contributed by atoms with E-state index in [9.17, 15) is 0 Å². The van der Waals surface area contributed by atoms with E-state index in [1.54, 1.807) is 0 Å². The summed E-state index contributed by atoms with van der Waals surface area (Å²) >= 11 is 1.50. The summed E-state index contributed by atoms with van der Waals surface area (Å²) in [5.74, 6) is 0. The third-order valence-electron chi connectivity index (χ3n) is 3.40. The van der Waals surface area contributed by atoms with Gasteiger partial charge in [-0.05, 0) is 54.4 Å². The van der Waals surface area contributed by atoms with Gasteiger partial charge in [-0.25, -0.2) is 0 Å². The van der Waals surface area contributed by atoms with Crippen molar-refractivity contribution < 1.29 is 0 Å². The summed E-state index contributed by atoms with van der Waals surface area (Å²) in [7, 11) is 0. The molecule has 2 aromatic heterocycles. The molecular weight excluding hydrogens is 228 g/mol. The number of hydrogen-bond acceptors (Lipinski definition) is 3. The SMILES string of the molecule is [c]1ncc2c(c1-c1ccsn1)CCCCCC2. The highest BCUT2D eigenvalue weighted by Gasteiger charge is 2.14. The van der Waals surface area contributed by atoms with Crippen LogP contribution in [-0.4, -0.2) is 9.36 Å². The summed E-state index contributed by atoms with van der Waals surface area (Å²) in [6.07, 6.45) is 12.7. The lowest BCUT2D eigenvalue weighted by molar-refractivity contribution is 0.616. The first-order valence-corrected chi connectivity index (χ1v) is 7.08. The van der Waals surface area contributed by atoms with Crippen molar-refractivity contribution in [2.24, 2.45) is 0 Å². The lowest BCUT2D eigenvalue weighted by atomic mass is 9.91. The van der Waals surface area contributed by atoms with E-state index in [2.05, 4.69) is 21.6 Å². The maximum absolute atomic E-state index is 4.42. The number of nitrogens with zero attached hydrogens (tertiary/aromatic N) is 2. The number of hydrogen-bond donors (Lipinski definition) is 0. The highest BCUT2D eigenvalue weighted by molar-refractivity contribution is 7.03. The molecular formula is C14H15N2S. The van der Waals surface area contributed by atoms with Crippen LogP contribution >= 0.6 is 11.5 Å². The van der Waals surface area contributed by atoms with E-state index >= 15 is 0 Å². The fraction of sp³-hybridized carbons (Fsp3) is 0.429. The van der Waals surface area contributed by atoms with Gasteiger partial charge >= 0.3 is 0 Å². The zero-order chi connectivity index (χ0) is 11.5. The first-order chi connectivity index (χ1) is 8.45. The fourth-order valence-electron chi connectivity index (χ4n) is 2.51. The highest BCUT2D eigenvalue weighted by Crippen LogP contribution is 2.28. The first kappa shape index (κ1) is 10.9. The molecule has 0 aliphatic heterocycles. The largest absolute Gasteiger partial charge is 0.254 e. The van der Waals surface area contributed by atoms with Crippen LogP contribution in [0.3, 0.4) is 0 Å². The minimum absolute atomic E-state index is 1.04. The van der Waals surface area contributed by atoms with Crippen molar-refractivity contribution in [1.29, 1.82) is 0 Å². The van der Waals surface area contributed by atoms with Gasteiger partial charge < -0.3 is 0 Å². The van der Waals surface area contributed by atoms with Gasteiger partial charge in [-0.15, -0.1) is 0 Å². The van der Waals surface area contributed by atoms with Crippen LogP contribution in [0.4, 0.5) is 0 Å². The molecule has 0 saturated heterocycles. The van der Waals surface area contributed by atoms with E-state index in [1.165, 1.54) is 48.3 Å². The Kier molecular flexibility index (Phi) is 3.18. The van der Waals surface area contributed by atoms with Crippen molar-refractivity contribution in [3.05, 3.63) is 35.0 Å². The van der Waals surface area contributed by atoms with Gasteiger partial charge in [0.1, 0.15) is 0 Å². The monoisotopic (exact) mass is 243 g/mol. The van der Waals surface area contributed by atoms with Crippen LogP contribution in [0.25, 0.3) is 11.3 Å². The standard InChI is InChI=1S/C14H15N2S/c1-2-4-6-12-11(5-3-1)9-15-10-13(12)14-7-8-17-16-14/h7-9H,1-6H2. The van der Waals surface area contributed by atoms with Crippen LogP contribution in [0.5, 0.6) is 0 Å². The number of fused-ring (bicyclic) bond motifs is 1. The predicted molar refractivity (Wildman–Crippen MR) is 70.1 cm³/mol. The van der Waals surface area contributed by atoms with Gasteiger partial charge in [-0.3, -0.25) is 4.98 Å². The average Bonchev–Trinajstić information content (AvgIpc) is 2.82. The lowest BCUT2D eigenvalue weighted by Crippen LogP contribution is -2.03. The molecule has 2 nitrogen and oxygen atoms in total. The molecule has 1 aliphatic carbocycles. The number of aromatic nitrogens is 2. The molecule has 0 saturated carbocycles. The van der Waals surface area contributed by atoms with Crippen LogP contribution in [0.2, 0.25) is 0 Å². The van der Waals surface area contributed by atoms with Crippen LogP contribution in [0, 0.1) is 6.20 Å². The van der Waals surface area contributed by atoms with Crippen molar-refractivity contribution in [2.45, 2.75) is 38.5 Å². The second-order valence-corrected chi connectivity index (χ2v) is 5.21. The van der Waals surface area contributed by atoms with E-state index in [0.29, 0.717) is 0 Å². The lowest BCUT2D eigenvalue weighted by Gasteiger charge is -2.15. The fourth-order valence-corrected chi connectivity index (χ4v) is 3.02. The van der Waals surface area contributed by atoms with Gasteiger partial charge in [0.25, 0.3) is 0 Å². The van der Waals surface area contributed by atoms with Crippen molar-refractivity contribution in [1.82, 2.24) is 9.36 Å². The maximum atomic E-state index is 4.42. The molecule has 17 heavy (non-hydrogen) atoms. The Labute approximate surface area is 106 Å². The Morgan fingerprint density at radius 3 is 2.82 bits per heavy atom. The molecule has 2 heterocycles. The van der Waals surface area contributed by atoms with E-state index in [4.69, 9.17) is 0 Å². The Balaban J connectivity index is 2.07. The van der Waals surface area contributed by atoms with E-state index < -0.39 is 0 Å². The molecule has 0 unspecified atom stereocenters. The summed E-state index contributed by atoms with van der Waals surface area (Å²) < 4.78 is 4.42. The number of aryl methyl sites for hydroxylation is 1. The molecule has 0 fully saturated rings. The highest BCUT2D eigenvalue weighted by atomic mass is 32.1. The first-order valence-electron chi connectivity index (χ1n) is 6.24. The minimum atomic E-state index is 1.04. The van der Waals surface area contributed by atoms with Gasteiger partial charge in [0.05, 0.1) is 11.9 Å². The molecule has 3 rings (SSSR count). The van der Waals surface area contributed by atoms with Crippen molar-refractivity contribution >= 4 is 11.5 Å². The molecule has 87 valence electrons. The second-order valence-electron chi connectivity index (χ2n) is 4.55. The third kappa shape index (κ3) is 2.25. The van der Waals surface area contributed by atoms with Gasteiger partial charge in [-0.2, -0.15) is 4.37 Å². The van der Waals surface area contributed by atoms with Crippen LogP contribution in [-0.2, 0) is 12.8 Å². The smallest absolute Gasteiger partial charge is 0.0990 e. The van der Waals surface area contributed by atoms with Crippen LogP contribution < -0.4 is 0 Å². The molecule has 0 atom stereocenters. The Bertz CT molecular complexity index is 491. The summed E-state index contributed by atoms with van der Waals surface area (Å²) in [6.45, 7) is 0. The Morgan fingerprint density at radius 1 is 1.12 bits per heavy atom. The van der Waals surface area contributed by atoms with Gasteiger partial charge in [0.15, 0.2) is 0 Å². The molecule has 0 bridgehead atoms. The molecule has 1 aliphatic rings. The van der Waals surface area contributed by atoms with Crippen LogP contribution in [0.1, 0.15) is 36.8 Å². The summed E-state index contributed by atoms with van der Waals surface area (Å²) in [5, 5.41) is 2.02. The van der Waals surface area contributed by atoms with Crippen molar-refractivity contribution in [2.75, 3.05) is 0 Å². The molecule has 0 N–H and O–H groups in total. The quantitative estimate of drug-likeness (QED) is 0.763. The Hall–Kier alpha value is -1.22. The molecule has 0 amide bonds. The van der Waals surface area contributed by atoms with Crippen molar-refractivity contribution in [3.8, 4) is 11.3 Å². The minimum Gasteiger partial charge on any atom is -0.254 e. The molecule has 0 spiro atoms. The van der Waals surface area contributed by atoms with E-state index in [-0.39, 0.29) is 0 Å². The zero-order valence-electron chi connectivity index (χ0n) is 9.78. The summed E-state index contributed by atoms with van der Waals surface area (Å²) in [6, 6.07) is 2.07. The van der Waals surface area contributed by atoms with Crippen molar-refractivity contribution in [3.63, 3.8) is 0 Å². The van der Waals surface area contributed by atoms with Gasteiger partial charge in [0.2, 0.25) is 0 Å². The Morgan fingerprint density at radius 2 is 2.00 bits per heavy atom. The summed E-state index contributed by atoms with van der Waals surface area (Å²) in [5.41, 5.74) is 5.02. The number of rotatable bonds is 1. The number of pyridine rings is 1. The summed E-state index contributed by atoms with van der Waals surface area (Å²) in [4.78, 5) is 4.27. The molecule has 0 aromatic carbocycles. The average molecular weight is 243 g/mol. The molecule has 3 heteroatoms. The topological polar surface area (TPSA) is 25.8 Å². The normalized spacial score (nSPS) is 16.0. The second kappa shape index (κ2) is 4.96. The third-order valence-corrected chi connectivity index (χ3v) is 3.96.